The van der Waals surface area contributed by atoms with Crippen LogP contribution in [0, 0.1) is 20.8 Å². The Kier molecular flexibility index (Phi) is 8.84. The lowest BCUT2D eigenvalue weighted by Gasteiger charge is -2.22. The molecule has 0 fully saturated rings. The van der Waals surface area contributed by atoms with Crippen LogP contribution in [0.5, 0.6) is 11.5 Å². The van der Waals surface area contributed by atoms with E-state index in [2.05, 4.69) is 112 Å². The standard InChI is InChI=1S/C42H42N4OS/c1-7-12-35-28(4)27(3)29(5)36(13-8-2)42(35)30-25-44-45(26-30)31-14-11-15-32(22-31)47-33-18-19-38-37-16-9-10-17-39(37)46(40(38)23-33)41-24-34(48-6)20-21-43-41/h9-11,14-26H,7-8,12-13H2,1-6H3. The van der Waals surface area contributed by atoms with Gasteiger partial charge in [-0.05, 0) is 116 Å². The van der Waals surface area contributed by atoms with Gasteiger partial charge in [0.2, 0.25) is 0 Å². The van der Waals surface area contributed by atoms with Gasteiger partial charge < -0.3 is 4.74 Å². The SMILES string of the molecule is CCCc1c(C)c(C)c(C)c(CCC)c1-c1cnn(-c2cccc(Oc3ccc4c5ccccc5n(-c5cc(SC)ccn5)c4c3)c2)c1. The van der Waals surface area contributed by atoms with Crippen molar-refractivity contribution < 1.29 is 4.74 Å². The number of thioether (sulfide) groups is 1. The van der Waals surface area contributed by atoms with Gasteiger partial charge >= 0.3 is 0 Å². The van der Waals surface area contributed by atoms with Gasteiger partial charge in [-0.15, -0.1) is 11.8 Å². The van der Waals surface area contributed by atoms with Gasteiger partial charge in [0.1, 0.15) is 17.3 Å². The zero-order valence-electron chi connectivity index (χ0n) is 28.7. The molecule has 0 N–H and O–H groups in total. The highest BCUT2D eigenvalue weighted by molar-refractivity contribution is 7.98. The van der Waals surface area contributed by atoms with Crippen LogP contribution in [-0.2, 0) is 12.8 Å². The number of nitrogens with zero attached hydrogens (tertiary/aromatic N) is 4. The lowest BCUT2D eigenvalue weighted by molar-refractivity contribution is 0.483. The predicted octanol–water partition coefficient (Wildman–Crippen LogP) is 11.4. The highest BCUT2D eigenvalue weighted by Gasteiger charge is 2.20. The Morgan fingerprint density at radius 1 is 0.729 bits per heavy atom. The normalized spacial score (nSPS) is 11.5. The summed E-state index contributed by atoms with van der Waals surface area (Å²) in [5, 5.41) is 7.22. The Bertz CT molecular complexity index is 2250. The molecule has 0 aliphatic carbocycles. The van der Waals surface area contributed by atoms with Gasteiger partial charge in [0.15, 0.2) is 0 Å². The Morgan fingerprint density at radius 2 is 1.46 bits per heavy atom. The van der Waals surface area contributed by atoms with Crippen molar-refractivity contribution in [2.45, 2.75) is 65.2 Å². The second kappa shape index (κ2) is 13.4. The third-order valence-corrected chi connectivity index (χ3v) is 10.4. The first-order chi connectivity index (χ1) is 23.4. The molecule has 4 aromatic carbocycles. The van der Waals surface area contributed by atoms with Gasteiger partial charge in [-0.3, -0.25) is 4.57 Å². The molecule has 0 bridgehead atoms. The first kappa shape index (κ1) is 31.8. The predicted molar refractivity (Wildman–Crippen MR) is 202 cm³/mol. The number of rotatable bonds is 10. The minimum absolute atomic E-state index is 0.759. The number of hydrogen-bond donors (Lipinski definition) is 0. The lowest BCUT2D eigenvalue weighted by atomic mass is 9.83. The smallest absolute Gasteiger partial charge is 0.138 e. The van der Waals surface area contributed by atoms with Crippen LogP contribution >= 0.6 is 11.8 Å². The van der Waals surface area contributed by atoms with E-state index in [9.17, 15) is 0 Å². The number of hydrogen-bond acceptors (Lipinski definition) is 4. The summed E-state index contributed by atoms with van der Waals surface area (Å²) in [5.41, 5.74) is 12.9. The van der Waals surface area contributed by atoms with E-state index < -0.39 is 0 Å². The Hall–Kier alpha value is -4.81. The van der Waals surface area contributed by atoms with Crippen LogP contribution in [0.3, 0.4) is 0 Å². The molecule has 3 aromatic heterocycles. The minimum atomic E-state index is 0.759. The Morgan fingerprint density at radius 3 is 2.21 bits per heavy atom. The summed E-state index contributed by atoms with van der Waals surface area (Å²) in [7, 11) is 0. The van der Waals surface area contributed by atoms with Crippen molar-refractivity contribution in [3.63, 3.8) is 0 Å². The quantitative estimate of drug-likeness (QED) is 0.138. The van der Waals surface area contributed by atoms with E-state index in [0.717, 1.165) is 59.7 Å². The number of aromatic nitrogens is 4. The van der Waals surface area contributed by atoms with Gasteiger partial charge in [-0.25, -0.2) is 9.67 Å². The summed E-state index contributed by atoms with van der Waals surface area (Å²) in [5.74, 6) is 2.42. The summed E-state index contributed by atoms with van der Waals surface area (Å²) in [6.07, 6.45) is 12.5. The van der Waals surface area contributed by atoms with Gasteiger partial charge in [-0.1, -0.05) is 51.0 Å². The molecule has 6 heteroatoms. The molecule has 0 aliphatic heterocycles. The second-order valence-corrected chi connectivity index (χ2v) is 13.4. The Labute approximate surface area is 287 Å². The molecule has 5 nitrogen and oxygen atoms in total. The number of para-hydroxylation sites is 1. The summed E-state index contributed by atoms with van der Waals surface area (Å²) in [6.45, 7) is 11.4. The minimum Gasteiger partial charge on any atom is -0.457 e. The first-order valence-corrected chi connectivity index (χ1v) is 18.1. The highest BCUT2D eigenvalue weighted by Crippen LogP contribution is 2.38. The van der Waals surface area contributed by atoms with Crippen LogP contribution in [0.4, 0.5) is 0 Å². The first-order valence-electron chi connectivity index (χ1n) is 16.9. The number of benzene rings is 4. The third kappa shape index (κ3) is 5.68. The lowest BCUT2D eigenvalue weighted by Crippen LogP contribution is -2.05. The van der Waals surface area contributed by atoms with Gasteiger partial charge in [0, 0.05) is 45.8 Å². The largest absolute Gasteiger partial charge is 0.457 e. The van der Waals surface area contributed by atoms with Crippen molar-refractivity contribution >= 4 is 33.6 Å². The van der Waals surface area contributed by atoms with Crippen molar-refractivity contribution in [2.75, 3.05) is 6.26 Å². The van der Waals surface area contributed by atoms with E-state index >= 15 is 0 Å². The van der Waals surface area contributed by atoms with Crippen molar-refractivity contribution in [3.05, 3.63) is 125 Å². The van der Waals surface area contributed by atoms with E-state index in [1.165, 1.54) is 54.6 Å². The van der Waals surface area contributed by atoms with Crippen molar-refractivity contribution in [3.8, 4) is 34.1 Å². The van der Waals surface area contributed by atoms with Crippen molar-refractivity contribution in [1.29, 1.82) is 0 Å². The molecule has 242 valence electrons. The molecule has 0 aliphatic rings. The maximum Gasteiger partial charge on any atom is 0.138 e. The fourth-order valence-corrected chi connectivity index (χ4v) is 7.51. The van der Waals surface area contributed by atoms with Crippen LogP contribution in [0.1, 0.15) is 54.5 Å². The molecule has 3 heterocycles. The molecular formula is C42H42N4OS. The maximum absolute atomic E-state index is 6.54. The van der Waals surface area contributed by atoms with Crippen molar-refractivity contribution in [2.24, 2.45) is 0 Å². The molecule has 48 heavy (non-hydrogen) atoms. The average molecular weight is 651 g/mol. The summed E-state index contributed by atoms with van der Waals surface area (Å²) in [6, 6.07) is 27.2. The fourth-order valence-electron chi connectivity index (χ4n) is 7.09. The summed E-state index contributed by atoms with van der Waals surface area (Å²) < 4.78 is 10.7. The highest BCUT2D eigenvalue weighted by atomic mass is 32.2. The third-order valence-electron chi connectivity index (χ3n) is 9.65. The number of pyridine rings is 1. The molecule has 0 radical (unpaired) electrons. The molecule has 0 unspecified atom stereocenters. The maximum atomic E-state index is 6.54. The Balaban J connectivity index is 1.25. The van der Waals surface area contributed by atoms with Gasteiger partial charge in [-0.2, -0.15) is 5.10 Å². The number of fused-ring (bicyclic) bond motifs is 3. The van der Waals surface area contributed by atoms with Crippen LogP contribution in [0.2, 0.25) is 0 Å². The molecular weight excluding hydrogens is 609 g/mol. The van der Waals surface area contributed by atoms with Crippen LogP contribution in [0.15, 0.2) is 102 Å². The molecule has 0 spiro atoms. The monoisotopic (exact) mass is 650 g/mol. The molecule has 0 saturated carbocycles. The van der Waals surface area contributed by atoms with Crippen LogP contribution in [-0.4, -0.2) is 25.6 Å². The average Bonchev–Trinajstić information content (AvgIpc) is 3.73. The van der Waals surface area contributed by atoms with E-state index in [0.29, 0.717) is 0 Å². The number of ether oxygens (including phenoxy) is 1. The summed E-state index contributed by atoms with van der Waals surface area (Å²) >= 11 is 1.72. The van der Waals surface area contributed by atoms with Gasteiger partial charge in [0.05, 0.1) is 22.9 Å². The molecule has 0 saturated heterocycles. The summed E-state index contributed by atoms with van der Waals surface area (Å²) in [4.78, 5) is 5.93. The van der Waals surface area contributed by atoms with E-state index in [4.69, 9.17) is 14.8 Å². The molecule has 7 aromatic rings. The van der Waals surface area contributed by atoms with Gasteiger partial charge in [0.25, 0.3) is 0 Å². The molecule has 7 rings (SSSR count). The second-order valence-electron chi connectivity index (χ2n) is 12.6. The zero-order valence-corrected chi connectivity index (χ0v) is 29.5. The van der Waals surface area contributed by atoms with E-state index in [-0.39, 0.29) is 0 Å². The molecule has 0 atom stereocenters. The molecule has 0 amide bonds. The topological polar surface area (TPSA) is 44.9 Å². The van der Waals surface area contributed by atoms with E-state index in [1.807, 2.05) is 35.3 Å². The van der Waals surface area contributed by atoms with Crippen molar-refractivity contribution in [1.82, 2.24) is 19.3 Å². The fraction of sp³-hybridized carbons (Fsp3) is 0.238. The van der Waals surface area contributed by atoms with E-state index in [1.54, 1.807) is 11.8 Å². The zero-order chi connectivity index (χ0) is 33.4. The van der Waals surface area contributed by atoms with Crippen LogP contribution in [0.25, 0.3) is 44.4 Å². The van der Waals surface area contributed by atoms with Crippen LogP contribution < -0.4 is 4.74 Å².